The molecule has 1 aliphatic rings. The fourth-order valence-electron chi connectivity index (χ4n) is 2.79. The summed E-state index contributed by atoms with van der Waals surface area (Å²) in [5.41, 5.74) is 3.06. The summed E-state index contributed by atoms with van der Waals surface area (Å²) in [4.78, 5) is 0. The van der Waals surface area contributed by atoms with E-state index in [1.54, 1.807) is 12.1 Å². The molecule has 1 unspecified atom stereocenters. The maximum Gasteiger partial charge on any atom is 0.115 e. The van der Waals surface area contributed by atoms with Crippen LogP contribution in [0.4, 0.5) is 0 Å². The molecule has 0 spiro atoms. The van der Waals surface area contributed by atoms with Crippen molar-refractivity contribution in [3.8, 4) is 5.75 Å². The first kappa shape index (κ1) is 11.3. The molecule has 1 atom stereocenters. The predicted octanol–water partition coefficient (Wildman–Crippen LogP) is 4.23. The third-order valence-electron chi connectivity index (χ3n) is 3.27. The Labute approximate surface area is 97.8 Å². The van der Waals surface area contributed by atoms with E-state index in [1.807, 2.05) is 12.1 Å². The van der Waals surface area contributed by atoms with Gasteiger partial charge < -0.3 is 5.11 Å². The Morgan fingerprint density at radius 2 is 1.81 bits per heavy atom. The minimum Gasteiger partial charge on any atom is -0.508 e. The van der Waals surface area contributed by atoms with Crippen LogP contribution < -0.4 is 0 Å². The first-order valence-corrected chi connectivity index (χ1v) is 5.96. The number of hydrogen-bond acceptors (Lipinski definition) is 1. The highest BCUT2D eigenvalue weighted by molar-refractivity contribution is 5.67. The molecule has 0 saturated heterocycles. The van der Waals surface area contributed by atoms with Crippen molar-refractivity contribution >= 4 is 5.57 Å². The molecule has 1 nitrogen and oxygen atoms in total. The number of benzene rings is 1. The summed E-state index contributed by atoms with van der Waals surface area (Å²) in [7, 11) is 0. The summed E-state index contributed by atoms with van der Waals surface area (Å²) in [5.74, 6) is 0.986. The van der Waals surface area contributed by atoms with Crippen molar-refractivity contribution < 1.29 is 5.11 Å². The molecule has 86 valence electrons. The molecule has 0 amide bonds. The van der Waals surface area contributed by atoms with Crippen molar-refractivity contribution in [2.24, 2.45) is 11.3 Å². The number of phenols is 1. The van der Waals surface area contributed by atoms with Gasteiger partial charge in [-0.05, 0) is 47.4 Å². The van der Waals surface area contributed by atoms with E-state index < -0.39 is 0 Å². The summed E-state index contributed by atoms with van der Waals surface area (Å²) in [6.07, 6.45) is 4.76. The Morgan fingerprint density at radius 3 is 2.38 bits per heavy atom. The molecular weight excluding hydrogens is 196 g/mol. The maximum atomic E-state index is 9.29. The van der Waals surface area contributed by atoms with Crippen LogP contribution in [-0.2, 0) is 0 Å². The molecule has 1 aromatic carbocycles. The average Bonchev–Trinajstić information content (AvgIpc) is 2.15. The lowest BCUT2D eigenvalue weighted by Crippen LogP contribution is -2.19. The number of phenolic OH excluding ortho intramolecular Hbond substituents is 1. The van der Waals surface area contributed by atoms with Gasteiger partial charge in [-0.3, -0.25) is 0 Å². The molecule has 16 heavy (non-hydrogen) atoms. The Kier molecular flexibility index (Phi) is 2.79. The van der Waals surface area contributed by atoms with Crippen LogP contribution in [0.1, 0.15) is 39.2 Å². The molecule has 0 fully saturated rings. The van der Waals surface area contributed by atoms with Crippen LogP contribution in [0.15, 0.2) is 30.3 Å². The lowest BCUT2D eigenvalue weighted by Gasteiger charge is -2.33. The van der Waals surface area contributed by atoms with Crippen molar-refractivity contribution in [3.63, 3.8) is 0 Å². The van der Waals surface area contributed by atoms with Crippen LogP contribution in [0.25, 0.3) is 5.57 Å². The Morgan fingerprint density at radius 1 is 1.19 bits per heavy atom. The van der Waals surface area contributed by atoms with E-state index in [0.29, 0.717) is 17.1 Å². The van der Waals surface area contributed by atoms with E-state index in [4.69, 9.17) is 0 Å². The van der Waals surface area contributed by atoms with Gasteiger partial charge in [0.15, 0.2) is 0 Å². The monoisotopic (exact) mass is 216 g/mol. The third-order valence-corrected chi connectivity index (χ3v) is 3.27. The van der Waals surface area contributed by atoms with Crippen molar-refractivity contribution in [2.75, 3.05) is 0 Å². The van der Waals surface area contributed by atoms with E-state index in [9.17, 15) is 5.11 Å². The smallest absolute Gasteiger partial charge is 0.115 e. The molecule has 2 rings (SSSR count). The highest BCUT2D eigenvalue weighted by Crippen LogP contribution is 2.41. The molecule has 0 radical (unpaired) electrons. The Balaban J connectivity index is 2.30. The number of aromatic hydroxyl groups is 1. The highest BCUT2D eigenvalue weighted by Gasteiger charge is 2.26. The number of rotatable bonds is 1. The molecule has 1 aliphatic carbocycles. The zero-order valence-corrected chi connectivity index (χ0v) is 10.3. The van der Waals surface area contributed by atoms with Gasteiger partial charge in [-0.2, -0.15) is 0 Å². The first-order chi connectivity index (χ1) is 7.46. The molecule has 0 heterocycles. The topological polar surface area (TPSA) is 20.2 Å². The van der Waals surface area contributed by atoms with Gasteiger partial charge in [0.25, 0.3) is 0 Å². The first-order valence-electron chi connectivity index (χ1n) is 5.96. The fraction of sp³-hybridized carbons (Fsp3) is 0.467. The van der Waals surface area contributed by atoms with E-state index in [0.717, 1.165) is 6.42 Å². The molecule has 1 aromatic rings. The lowest BCUT2D eigenvalue weighted by molar-refractivity contribution is 0.296. The van der Waals surface area contributed by atoms with Gasteiger partial charge in [0.2, 0.25) is 0 Å². The molecular formula is C15H20O. The highest BCUT2D eigenvalue weighted by atomic mass is 16.3. The SMILES string of the molecule is CC1C=C(c2ccc(O)cc2)CC(C)(C)C1. The third kappa shape index (κ3) is 2.46. The summed E-state index contributed by atoms with van der Waals surface area (Å²) >= 11 is 0. The predicted molar refractivity (Wildman–Crippen MR) is 68.3 cm³/mol. The molecule has 0 aliphatic heterocycles. The number of allylic oxidation sites excluding steroid dienone is 2. The van der Waals surface area contributed by atoms with Crippen LogP contribution in [0.3, 0.4) is 0 Å². The molecule has 0 saturated carbocycles. The Hall–Kier alpha value is -1.24. The molecule has 1 heteroatoms. The summed E-state index contributed by atoms with van der Waals surface area (Å²) in [6.45, 7) is 6.94. The van der Waals surface area contributed by atoms with E-state index in [-0.39, 0.29) is 0 Å². The zero-order chi connectivity index (χ0) is 11.8. The second-order valence-corrected chi connectivity index (χ2v) is 5.76. The van der Waals surface area contributed by atoms with Gasteiger partial charge in [0, 0.05) is 0 Å². The molecule has 0 bridgehead atoms. The maximum absolute atomic E-state index is 9.29. The van der Waals surface area contributed by atoms with Gasteiger partial charge in [-0.25, -0.2) is 0 Å². The van der Waals surface area contributed by atoms with E-state index in [2.05, 4.69) is 26.8 Å². The quantitative estimate of drug-likeness (QED) is 0.744. The van der Waals surface area contributed by atoms with Crippen LogP contribution in [-0.4, -0.2) is 5.11 Å². The van der Waals surface area contributed by atoms with Crippen molar-refractivity contribution in [2.45, 2.75) is 33.6 Å². The average molecular weight is 216 g/mol. The van der Waals surface area contributed by atoms with E-state index >= 15 is 0 Å². The Bertz CT molecular complexity index is 398. The van der Waals surface area contributed by atoms with Gasteiger partial charge in [-0.15, -0.1) is 0 Å². The summed E-state index contributed by atoms with van der Waals surface area (Å²) in [6, 6.07) is 7.55. The molecule has 0 aromatic heterocycles. The fourth-order valence-corrected chi connectivity index (χ4v) is 2.79. The second-order valence-electron chi connectivity index (χ2n) is 5.76. The van der Waals surface area contributed by atoms with Crippen molar-refractivity contribution in [1.29, 1.82) is 0 Å². The van der Waals surface area contributed by atoms with Gasteiger partial charge >= 0.3 is 0 Å². The normalized spacial score (nSPS) is 23.9. The van der Waals surface area contributed by atoms with Crippen LogP contribution in [0.2, 0.25) is 0 Å². The van der Waals surface area contributed by atoms with E-state index in [1.165, 1.54) is 17.6 Å². The summed E-state index contributed by atoms with van der Waals surface area (Å²) < 4.78 is 0. The van der Waals surface area contributed by atoms with Crippen LogP contribution in [0, 0.1) is 11.3 Å². The number of hydrogen-bond donors (Lipinski definition) is 1. The minimum atomic E-state index is 0.340. The van der Waals surface area contributed by atoms with Crippen LogP contribution in [0.5, 0.6) is 5.75 Å². The van der Waals surface area contributed by atoms with Crippen molar-refractivity contribution in [1.82, 2.24) is 0 Å². The zero-order valence-electron chi connectivity index (χ0n) is 10.3. The van der Waals surface area contributed by atoms with Crippen LogP contribution >= 0.6 is 0 Å². The largest absolute Gasteiger partial charge is 0.508 e. The van der Waals surface area contributed by atoms with Gasteiger partial charge in [-0.1, -0.05) is 39.0 Å². The van der Waals surface area contributed by atoms with Gasteiger partial charge in [0.1, 0.15) is 5.75 Å². The van der Waals surface area contributed by atoms with Crippen molar-refractivity contribution in [3.05, 3.63) is 35.9 Å². The second kappa shape index (κ2) is 3.97. The van der Waals surface area contributed by atoms with Gasteiger partial charge in [0.05, 0.1) is 0 Å². The molecule has 1 N–H and O–H groups in total. The summed E-state index contributed by atoms with van der Waals surface area (Å²) in [5, 5.41) is 9.29. The standard InChI is InChI=1S/C15H20O/c1-11-8-13(10-15(2,3)9-11)12-4-6-14(16)7-5-12/h4-8,11,16H,9-10H2,1-3H3. The lowest BCUT2D eigenvalue weighted by atomic mass is 9.72. The minimum absolute atomic E-state index is 0.340.